The minimum Gasteiger partial charge on any atom is -0.310 e. The number of hydrogen-bond acceptors (Lipinski definition) is 4. The van der Waals surface area contributed by atoms with Gasteiger partial charge in [-0.3, -0.25) is 15.2 Å². The molecule has 0 saturated carbocycles. The standard InChI is InChI=1S/C15H18N6O/c1-2-9-21-12-6-4-3-5-11(12)18-15(21)19-14(22)8-7-13-16-10-17-20-13/h3-6,10H,2,7-9H2,1H3,(H,16,17,20)(H,18,19,22). The number of carbonyl (C=O) groups excluding carboxylic acids is 1. The number of hydrogen-bond donors (Lipinski definition) is 2. The molecule has 0 saturated heterocycles. The lowest BCUT2D eigenvalue weighted by molar-refractivity contribution is -0.116. The van der Waals surface area contributed by atoms with E-state index in [0.717, 1.165) is 24.0 Å². The van der Waals surface area contributed by atoms with Gasteiger partial charge >= 0.3 is 0 Å². The van der Waals surface area contributed by atoms with Gasteiger partial charge in [0.1, 0.15) is 12.2 Å². The van der Waals surface area contributed by atoms with Crippen molar-refractivity contribution in [2.45, 2.75) is 32.7 Å². The number of H-pyrrole nitrogens is 1. The quantitative estimate of drug-likeness (QED) is 0.729. The van der Waals surface area contributed by atoms with Crippen LogP contribution in [0.25, 0.3) is 11.0 Å². The van der Waals surface area contributed by atoms with E-state index < -0.39 is 0 Å². The number of para-hydroxylation sites is 2. The van der Waals surface area contributed by atoms with Crippen molar-refractivity contribution in [2.75, 3.05) is 5.32 Å². The third kappa shape index (κ3) is 2.98. The van der Waals surface area contributed by atoms with Crippen molar-refractivity contribution in [3.63, 3.8) is 0 Å². The molecule has 22 heavy (non-hydrogen) atoms. The Morgan fingerprint density at radius 1 is 1.36 bits per heavy atom. The highest BCUT2D eigenvalue weighted by molar-refractivity contribution is 5.91. The molecule has 0 aliphatic rings. The Kier molecular flexibility index (Phi) is 4.13. The van der Waals surface area contributed by atoms with Gasteiger partial charge in [-0.05, 0) is 18.6 Å². The van der Waals surface area contributed by atoms with Crippen LogP contribution >= 0.6 is 0 Å². The van der Waals surface area contributed by atoms with Crippen molar-refractivity contribution in [1.82, 2.24) is 24.7 Å². The molecule has 7 nitrogen and oxygen atoms in total. The molecular weight excluding hydrogens is 280 g/mol. The third-order valence-corrected chi connectivity index (χ3v) is 3.41. The lowest BCUT2D eigenvalue weighted by Crippen LogP contribution is -2.16. The lowest BCUT2D eigenvalue weighted by Gasteiger charge is -2.08. The van der Waals surface area contributed by atoms with Crippen LogP contribution in [-0.4, -0.2) is 30.6 Å². The second-order valence-electron chi connectivity index (χ2n) is 5.06. The summed E-state index contributed by atoms with van der Waals surface area (Å²) in [6, 6.07) is 7.89. The smallest absolute Gasteiger partial charge is 0.227 e. The van der Waals surface area contributed by atoms with E-state index in [-0.39, 0.29) is 5.91 Å². The van der Waals surface area contributed by atoms with Crippen LogP contribution in [0.2, 0.25) is 0 Å². The maximum atomic E-state index is 12.1. The molecule has 114 valence electrons. The zero-order valence-corrected chi connectivity index (χ0v) is 12.4. The molecule has 0 unspecified atom stereocenters. The molecule has 0 bridgehead atoms. The Morgan fingerprint density at radius 3 is 3.00 bits per heavy atom. The molecule has 0 atom stereocenters. The number of aromatic amines is 1. The monoisotopic (exact) mass is 298 g/mol. The summed E-state index contributed by atoms with van der Waals surface area (Å²) in [6.07, 6.45) is 3.28. The molecule has 0 spiro atoms. The van der Waals surface area contributed by atoms with Gasteiger partial charge in [-0.1, -0.05) is 19.1 Å². The van der Waals surface area contributed by atoms with Gasteiger partial charge in [-0.15, -0.1) is 0 Å². The van der Waals surface area contributed by atoms with Gasteiger partial charge in [-0.2, -0.15) is 5.10 Å². The van der Waals surface area contributed by atoms with Gasteiger partial charge in [0.2, 0.25) is 11.9 Å². The number of aryl methyl sites for hydroxylation is 2. The van der Waals surface area contributed by atoms with Crippen molar-refractivity contribution < 1.29 is 4.79 Å². The molecule has 0 fully saturated rings. The summed E-state index contributed by atoms with van der Waals surface area (Å²) in [5.41, 5.74) is 1.93. The van der Waals surface area contributed by atoms with E-state index in [2.05, 4.69) is 32.4 Å². The number of fused-ring (bicyclic) bond motifs is 1. The maximum absolute atomic E-state index is 12.1. The molecular formula is C15H18N6O. The average molecular weight is 298 g/mol. The summed E-state index contributed by atoms with van der Waals surface area (Å²) >= 11 is 0. The molecule has 0 aliphatic heterocycles. The SMILES string of the molecule is CCCn1c(NC(=O)CCc2ncn[nH]2)nc2ccccc21. The van der Waals surface area contributed by atoms with Gasteiger partial charge in [0.25, 0.3) is 0 Å². The van der Waals surface area contributed by atoms with Gasteiger partial charge in [0.05, 0.1) is 11.0 Å². The van der Waals surface area contributed by atoms with Crippen molar-refractivity contribution in [1.29, 1.82) is 0 Å². The fraction of sp³-hybridized carbons (Fsp3) is 0.333. The van der Waals surface area contributed by atoms with Crippen molar-refractivity contribution >= 4 is 22.9 Å². The fourth-order valence-corrected chi connectivity index (χ4v) is 2.39. The number of imidazole rings is 1. The molecule has 1 amide bonds. The van der Waals surface area contributed by atoms with Gasteiger partial charge < -0.3 is 4.57 Å². The molecule has 0 aliphatic carbocycles. The number of rotatable bonds is 6. The molecule has 2 heterocycles. The molecule has 7 heteroatoms. The summed E-state index contributed by atoms with van der Waals surface area (Å²) in [6.45, 7) is 2.92. The number of benzene rings is 1. The Balaban J connectivity index is 1.74. The number of aromatic nitrogens is 5. The summed E-state index contributed by atoms with van der Waals surface area (Å²) in [5, 5.41) is 9.41. The Bertz CT molecular complexity index is 762. The van der Waals surface area contributed by atoms with Crippen molar-refractivity contribution in [3.05, 3.63) is 36.4 Å². The van der Waals surface area contributed by atoms with Crippen LogP contribution in [0.15, 0.2) is 30.6 Å². The number of nitrogens with zero attached hydrogens (tertiary/aromatic N) is 4. The molecule has 0 radical (unpaired) electrons. The highest BCUT2D eigenvalue weighted by Gasteiger charge is 2.12. The minimum atomic E-state index is -0.0796. The second kappa shape index (κ2) is 6.38. The van der Waals surface area contributed by atoms with E-state index >= 15 is 0 Å². The molecule has 2 aromatic heterocycles. The van der Waals surface area contributed by atoms with Gasteiger partial charge in [0, 0.05) is 19.4 Å². The Morgan fingerprint density at radius 2 is 2.23 bits per heavy atom. The first-order chi connectivity index (χ1) is 10.8. The van der Waals surface area contributed by atoms with E-state index in [1.807, 2.05) is 28.8 Å². The topological polar surface area (TPSA) is 88.5 Å². The van der Waals surface area contributed by atoms with Crippen LogP contribution in [0, 0.1) is 0 Å². The molecule has 1 aromatic carbocycles. The summed E-state index contributed by atoms with van der Waals surface area (Å²) < 4.78 is 2.04. The van der Waals surface area contributed by atoms with Crippen LogP contribution in [0.1, 0.15) is 25.6 Å². The first-order valence-corrected chi connectivity index (χ1v) is 7.37. The zero-order chi connectivity index (χ0) is 15.4. The normalized spacial score (nSPS) is 11.0. The predicted molar refractivity (Wildman–Crippen MR) is 83.4 cm³/mol. The number of amides is 1. The van der Waals surface area contributed by atoms with Gasteiger partial charge in [0.15, 0.2) is 0 Å². The van der Waals surface area contributed by atoms with Crippen LogP contribution < -0.4 is 5.32 Å². The van der Waals surface area contributed by atoms with Crippen LogP contribution in [-0.2, 0) is 17.8 Å². The van der Waals surface area contributed by atoms with E-state index in [0.29, 0.717) is 24.6 Å². The number of carbonyl (C=O) groups is 1. The van der Waals surface area contributed by atoms with Crippen LogP contribution in [0.4, 0.5) is 5.95 Å². The highest BCUT2D eigenvalue weighted by atomic mass is 16.1. The molecule has 3 rings (SSSR count). The van der Waals surface area contributed by atoms with E-state index in [1.165, 1.54) is 6.33 Å². The van der Waals surface area contributed by atoms with E-state index in [1.54, 1.807) is 0 Å². The average Bonchev–Trinajstić information content (AvgIpc) is 3.14. The molecule has 3 aromatic rings. The first-order valence-electron chi connectivity index (χ1n) is 7.37. The lowest BCUT2D eigenvalue weighted by atomic mass is 10.3. The number of nitrogens with one attached hydrogen (secondary N) is 2. The zero-order valence-electron chi connectivity index (χ0n) is 12.4. The first kappa shape index (κ1) is 14.2. The molecule has 2 N–H and O–H groups in total. The van der Waals surface area contributed by atoms with Crippen molar-refractivity contribution in [2.24, 2.45) is 0 Å². The fourth-order valence-electron chi connectivity index (χ4n) is 2.39. The Labute approximate surface area is 127 Å². The van der Waals surface area contributed by atoms with E-state index in [4.69, 9.17) is 0 Å². The van der Waals surface area contributed by atoms with Crippen LogP contribution in [0.5, 0.6) is 0 Å². The second-order valence-corrected chi connectivity index (χ2v) is 5.06. The van der Waals surface area contributed by atoms with Crippen molar-refractivity contribution in [3.8, 4) is 0 Å². The third-order valence-electron chi connectivity index (χ3n) is 3.41. The summed E-state index contributed by atoms with van der Waals surface area (Å²) in [4.78, 5) is 20.6. The van der Waals surface area contributed by atoms with E-state index in [9.17, 15) is 4.79 Å². The van der Waals surface area contributed by atoms with Crippen LogP contribution in [0.3, 0.4) is 0 Å². The predicted octanol–water partition coefficient (Wildman–Crippen LogP) is 2.14. The maximum Gasteiger partial charge on any atom is 0.227 e. The summed E-state index contributed by atoms with van der Waals surface area (Å²) in [5.74, 6) is 1.23. The largest absolute Gasteiger partial charge is 0.310 e. The summed E-state index contributed by atoms with van der Waals surface area (Å²) in [7, 11) is 0. The minimum absolute atomic E-state index is 0.0796. The Hall–Kier alpha value is -2.70. The van der Waals surface area contributed by atoms with Gasteiger partial charge in [-0.25, -0.2) is 9.97 Å². The highest BCUT2D eigenvalue weighted by Crippen LogP contribution is 2.20. The number of anilines is 1.